The number of benzene rings is 4. The highest BCUT2D eigenvalue weighted by molar-refractivity contribution is 8.23. The molecule has 0 heterocycles. The van der Waals surface area contributed by atoms with E-state index in [9.17, 15) is 0 Å². The summed E-state index contributed by atoms with van der Waals surface area (Å²) in [6.45, 7) is 2.18. The lowest BCUT2D eigenvalue weighted by atomic mass is 10.2. The summed E-state index contributed by atoms with van der Waals surface area (Å²) < 4.78 is 0.797. The highest BCUT2D eigenvalue weighted by atomic mass is 32.2. The zero-order valence-electron chi connectivity index (χ0n) is 17.7. The molecule has 0 N–H and O–H groups in total. The Hall–Kier alpha value is -3.28. The molecule has 3 nitrogen and oxygen atoms in total. The van der Waals surface area contributed by atoms with Crippen LogP contribution in [-0.4, -0.2) is 4.32 Å². The first-order valence-electron chi connectivity index (χ1n) is 10.4. The van der Waals surface area contributed by atoms with Crippen molar-refractivity contribution in [1.29, 1.82) is 0 Å². The highest BCUT2D eigenvalue weighted by Crippen LogP contribution is 2.36. The predicted molar refractivity (Wildman–Crippen MR) is 141 cm³/mol. The molecule has 0 bridgehead atoms. The van der Waals surface area contributed by atoms with E-state index >= 15 is 0 Å². The number of thioether (sulfide) groups is 1. The molecule has 0 amide bonds. The summed E-state index contributed by atoms with van der Waals surface area (Å²) in [5.74, 6) is 0. The third-order valence-electron chi connectivity index (χ3n) is 4.89. The average molecular weight is 454 g/mol. The van der Waals surface area contributed by atoms with Gasteiger partial charge in [0.2, 0.25) is 0 Å². The van der Waals surface area contributed by atoms with Gasteiger partial charge in [-0.05, 0) is 61.0 Å². The number of hydrogen-bond acceptors (Lipinski definition) is 4. The Morgan fingerprint density at radius 3 is 1.72 bits per heavy atom. The Morgan fingerprint density at radius 1 is 0.656 bits per heavy atom. The number of azo groups is 1. The van der Waals surface area contributed by atoms with Crippen molar-refractivity contribution >= 4 is 51.0 Å². The molecule has 1 unspecified atom stereocenters. The van der Waals surface area contributed by atoms with Crippen molar-refractivity contribution < 1.29 is 0 Å². The molecular weight excluding hydrogens is 430 g/mol. The van der Waals surface area contributed by atoms with E-state index in [2.05, 4.69) is 58.5 Å². The number of anilines is 2. The van der Waals surface area contributed by atoms with Gasteiger partial charge in [-0.1, -0.05) is 90.7 Å². The van der Waals surface area contributed by atoms with Crippen LogP contribution in [0.25, 0.3) is 0 Å². The Morgan fingerprint density at radius 2 is 1.12 bits per heavy atom. The summed E-state index contributed by atoms with van der Waals surface area (Å²) in [5, 5.41) is 8.89. The Kier molecular flexibility index (Phi) is 7.43. The largest absolute Gasteiger partial charge is 0.296 e. The molecule has 32 heavy (non-hydrogen) atoms. The minimum absolute atomic E-state index is 0.244. The molecular formula is C27H23N3S2. The van der Waals surface area contributed by atoms with Gasteiger partial charge in [-0.25, -0.2) is 0 Å². The first kappa shape index (κ1) is 21.9. The molecule has 4 rings (SSSR count). The molecule has 5 heteroatoms. The third kappa shape index (κ3) is 5.69. The van der Waals surface area contributed by atoms with Crippen LogP contribution in [0, 0.1) is 0 Å². The van der Waals surface area contributed by atoms with Crippen LogP contribution in [0.15, 0.2) is 125 Å². The quantitative estimate of drug-likeness (QED) is 0.215. The van der Waals surface area contributed by atoms with Crippen LogP contribution in [0.5, 0.6) is 0 Å². The predicted octanol–water partition coefficient (Wildman–Crippen LogP) is 9.02. The van der Waals surface area contributed by atoms with Crippen molar-refractivity contribution in [1.82, 2.24) is 0 Å². The van der Waals surface area contributed by atoms with E-state index in [1.54, 1.807) is 11.8 Å². The van der Waals surface area contributed by atoms with Gasteiger partial charge in [0.15, 0.2) is 0 Å². The van der Waals surface area contributed by atoms with Gasteiger partial charge >= 0.3 is 0 Å². The minimum Gasteiger partial charge on any atom is -0.296 e. The molecule has 0 spiro atoms. The fourth-order valence-electron chi connectivity index (χ4n) is 3.21. The minimum atomic E-state index is 0.244. The van der Waals surface area contributed by atoms with Crippen molar-refractivity contribution in [2.45, 2.75) is 12.2 Å². The lowest BCUT2D eigenvalue weighted by molar-refractivity contribution is 1.11. The van der Waals surface area contributed by atoms with Crippen LogP contribution < -0.4 is 4.90 Å². The van der Waals surface area contributed by atoms with Crippen LogP contribution >= 0.6 is 24.0 Å². The molecule has 0 aliphatic rings. The van der Waals surface area contributed by atoms with Gasteiger partial charge in [-0.2, -0.15) is 10.2 Å². The molecule has 0 aliphatic heterocycles. The zero-order chi connectivity index (χ0) is 22.2. The molecule has 0 saturated carbocycles. The van der Waals surface area contributed by atoms with E-state index in [1.807, 2.05) is 78.9 Å². The number of rotatable bonds is 6. The Bertz CT molecular complexity index is 1160. The van der Waals surface area contributed by atoms with Crippen molar-refractivity contribution in [3.63, 3.8) is 0 Å². The second-order valence-electron chi connectivity index (χ2n) is 7.16. The van der Waals surface area contributed by atoms with Gasteiger partial charge in [0.25, 0.3) is 0 Å². The maximum atomic E-state index is 5.91. The normalized spacial score (nSPS) is 11.9. The second-order valence-corrected chi connectivity index (χ2v) is 9.13. The molecule has 158 valence electrons. The van der Waals surface area contributed by atoms with E-state index in [0.29, 0.717) is 0 Å². The molecule has 0 radical (unpaired) electrons. The maximum Gasteiger partial charge on any atom is 0.146 e. The lowest BCUT2D eigenvalue weighted by Gasteiger charge is -2.26. The van der Waals surface area contributed by atoms with Gasteiger partial charge < -0.3 is 0 Å². The third-order valence-corrected chi connectivity index (χ3v) is 6.37. The fourth-order valence-corrected chi connectivity index (χ4v) is 4.77. The van der Waals surface area contributed by atoms with Crippen molar-refractivity contribution in [3.8, 4) is 0 Å². The van der Waals surface area contributed by atoms with E-state index in [-0.39, 0.29) is 5.25 Å². The topological polar surface area (TPSA) is 28.0 Å². The summed E-state index contributed by atoms with van der Waals surface area (Å²) in [5.41, 5.74) is 4.90. The standard InChI is InChI=1S/C27H23N3S2/c1-21(22-11-5-2-6-12-22)32-27(31)30(25-15-9-4-10-16-25)26-19-17-24(18-20-26)29-28-23-13-7-3-8-14-23/h2-21H,1H3. The van der Waals surface area contributed by atoms with Crippen LogP contribution in [-0.2, 0) is 0 Å². The van der Waals surface area contributed by atoms with Crippen molar-refractivity contribution in [2.24, 2.45) is 10.2 Å². The SMILES string of the molecule is CC(SC(=S)N(c1ccccc1)c1ccc(N=Nc2ccccc2)cc1)c1ccccc1. The molecule has 0 fully saturated rings. The van der Waals surface area contributed by atoms with Crippen molar-refractivity contribution in [3.05, 3.63) is 121 Å². The zero-order valence-corrected chi connectivity index (χ0v) is 19.3. The average Bonchev–Trinajstić information content (AvgIpc) is 2.85. The van der Waals surface area contributed by atoms with E-state index in [0.717, 1.165) is 27.1 Å². The maximum absolute atomic E-state index is 5.91. The number of thiocarbonyl (C=S) groups is 1. The monoisotopic (exact) mass is 453 g/mol. The summed E-state index contributed by atoms with van der Waals surface area (Å²) in [7, 11) is 0. The summed E-state index contributed by atoms with van der Waals surface area (Å²) in [6.07, 6.45) is 0. The number of hydrogen-bond donors (Lipinski definition) is 0. The van der Waals surface area contributed by atoms with Gasteiger partial charge in [0, 0.05) is 16.6 Å². The first-order chi connectivity index (χ1) is 15.7. The van der Waals surface area contributed by atoms with Crippen LogP contribution in [0.1, 0.15) is 17.7 Å². The number of nitrogens with zero attached hydrogens (tertiary/aromatic N) is 3. The van der Waals surface area contributed by atoms with E-state index < -0.39 is 0 Å². The van der Waals surface area contributed by atoms with E-state index in [4.69, 9.17) is 12.2 Å². The molecule has 1 atom stereocenters. The summed E-state index contributed by atoms with van der Waals surface area (Å²) in [6, 6.07) is 38.4. The fraction of sp³-hybridized carbons (Fsp3) is 0.0741. The molecule has 0 aromatic heterocycles. The van der Waals surface area contributed by atoms with E-state index in [1.165, 1.54) is 5.56 Å². The molecule has 0 aliphatic carbocycles. The lowest BCUT2D eigenvalue weighted by Crippen LogP contribution is -2.21. The van der Waals surface area contributed by atoms with Gasteiger partial charge in [-0.15, -0.1) is 0 Å². The molecule has 4 aromatic carbocycles. The van der Waals surface area contributed by atoms with Crippen LogP contribution in [0.2, 0.25) is 0 Å². The van der Waals surface area contributed by atoms with Crippen molar-refractivity contribution in [2.75, 3.05) is 4.90 Å². The molecule has 0 saturated heterocycles. The Balaban J connectivity index is 1.57. The highest BCUT2D eigenvalue weighted by Gasteiger charge is 2.18. The number of para-hydroxylation sites is 1. The summed E-state index contributed by atoms with van der Waals surface area (Å²) >= 11 is 7.59. The van der Waals surface area contributed by atoms with Crippen LogP contribution in [0.3, 0.4) is 0 Å². The van der Waals surface area contributed by atoms with Gasteiger partial charge in [0.05, 0.1) is 11.4 Å². The van der Waals surface area contributed by atoms with Crippen LogP contribution in [0.4, 0.5) is 22.7 Å². The van der Waals surface area contributed by atoms with Gasteiger partial charge in [0.1, 0.15) is 4.32 Å². The Labute approximate surface area is 198 Å². The summed E-state index contributed by atoms with van der Waals surface area (Å²) in [4.78, 5) is 2.11. The van der Waals surface area contributed by atoms with Gasteiger partial charge in [-0.3, -0.25) is 4.90 Å². The second kappa shape index (κ2) is 10.8. The first-order valence-corrected chi connectivity index (χ1v) is 11.7. The molecule has 4 aromatic rings. The smallest absolute Gasteiger partial charge is 0.146 e.